The van der Waals surface area contributed by atoms with E-state index < -0.39 is 0 Å². The summed E-state index contributed by atoms with van der Waals surface area (Å²) in [4.78, 5) is 28.8. The number of hydrogen-bond donors (Lipinski definition) is 1. The topological polar surface area (TPSA) is 85.7 Å². The van der Waals surface area contributed by atoms with Crippen LogP contribution in [0.3, 0.4) is 0 Å². The van der Waals surface area contributed by atoms with Crippen LogP contribution in [-0.4, -0.2) is 60.3 Å². The lowest BCUT2D eigenvalue weighted by atomic mass is 9.97. The molecule has 0 bridgehead atoms. The van der Waals surface area contributed by atoms with Gasteiger partial charge in [-0.05, 0) is 55.2 Å². The van der Waals surface area contributed by atoms with Crippen molar-refractivity contribution in [3.05, 3.63) is 95.6 Å². The molecule has 1 N–H and O–H groups in total. The van der Waals surface area contributed by atoms with E-state index in [1.54, 1.807) is 28.5 Å². The third-order valence-corrected chi connectivity index (χ3v) is 9.01. The maximum Gasteiger partial charge on any atom is 0.240 e. The summed E-state index contributed by atoms with van der Waals surface area (Å²) in [5.41, 5.74) is 5.65. The number of fused-ring (bicyclic) bond motifs is 1. The molecule has 3 aromatic carbocycles. The van der Waals surface area contributed by atoms with E-state index in [1.165, 1.54) is 0 Å². The zero-order valence-electron chi connectivity index (χ0n) is 23.8. The van der Waals surface area contributed by atoms with Crippen molar-refractivity contribution in [1.29, 1.82) is 0 Å². The van der Waals surface area contributed by atoms with Crippen LogP contribution in [0.25, 0.3) is 16.9 Å². The van der Waals surface area contributed by atoms with Crippen LogP contribution >= 0.6 is 11.8 Å². The second-order valence-corrected chi connectivity index (χ2v) is 11.6. The monoisotopic (exact) mass is 582 g/mol. The van der Waals surface area contributed by atoms with Crippen LogP contribution in [0.1, 0.15) is 34.8 Å². The molecule has 9 heteroatoms. The number of nitrogens with one attached hydrogen (secondary N) is 1. The Balaban J connectivity index is 1.52. The lowest BCUT2D eigenvalue weighted by molar-refractivity contribution is -0.123. The fourth-order valence-corrected chi connectivity index (χ4v) is 6.88. The van der Waals surface area contributed by atoms with Crippen molar-refractivity contribution in [3.63, 3.8) is 0 Å². The molecule has 3 heterocycles. The lowest BCUT2D eigenvalue weighted by Crippen LogP contribution is -2.44. The molecule has 8 nitrogen and oxygen atoms in total. The van der Waals surface area contributed by atoms with E-state index in [0.717, 1.165) is 58.8 Å². The summed E-state index contributed by atoms with van der Waals surface area (Å²) in [6.07, 6.45) is 1.93. The molecule has 2 amide bonds. The van der Waals surface area contributed by atoms with Crippen molar-refractivity contribution in [1.82, 2.24) is 15.1 Å². The summed E-state index contributed by atoms with van der Waals surface area (Å²) in [7, 11) is 1.63. The highest BCUT2D eigenvalue weighted by atomic mass is 32.2. The molecule has 2 aliphatic rings. The molecule has 4 aromatic rings. The predicted octanol–water partition coefficient (Wildman–Crippen LogP) is 5.32. The second-order valence-electron chi connectivity index (χ2n) is 10.5. The minimum Gasteiger partial charge on any atom is -0.497 e. The van der Waals surface area contributed by atoms with E-state index in [4.69, 9.17) is 14.6 Å². The summed E-state index contributed by atoms with van der Waals surface area (Å²) in [6, 6.07) is 25.9. The number of amides is 2. The Bertz CT molecular complexity index is 1560. The van der Waals surface area contributed by atoms with Gasteiger partial charge in [0.15, 0.2) is 0 Å². The number of hydrogen-bond acceptors (Lipinski definition) is 6. The molecule has 0 aliphatic carbocycles. The number of nitrogens with zero attached hydrogens (tertiary/aromatic N) is 3. The first kappa shape index (κ1) is 28.1. The summed E-state index contributed by atoms with van der Waals surface area (Å²) in [5, 5.41) is 7.98. The highest BCUT2D eigenvalue weighted by Crippen LogP contribution is 2.49. The third-order valence-electron chi connectivity index (χ3n) is 7.78. The summed E-state index contributed by atoms with van der Waals surface area (Å²) in [5.74, 6) is 1.18. The van der Waals surface area contributed by atoms with Crippen LogP contribution in [0, 0.1) is 6.92 Å². The van der Waals surface area contributed by atoms with Crippen molar-refractivity contribution in [2.45, 2.75) is 31.1 Å². The van der Waals surface area contributed by atoms with Gasteiger partial charge in [0.25, 0.3) is 0 Å². The first-order valence-electron chi connectivity index (χ1n) is 14.2. The van der Waals surface area contributed by atoms with Crippen molar-refractivity contribution in [3.8, 4) is 22.7 Å². The number of ether oxygens (including phenoxy) is 2. The van der Waals surface area contributed by atoms with Gasteiger partial charge in [0, 0.05) is 24.3 Å². The molecule has 1 saturated heterocycles. The molecule has 6 rings (SSSR count). The number of carbonyl (C=O) groups is 2. The van der Waals surface area contributed by atoms with E-state index in [0.29, 0.717) is 12.4 Å². The number of thioether (sulfide) groups is 1. The maximum absolute atomic E-state index is 13.9. The quantitative estimate of drug-likeness (QED) is 0.303. The van der Waals surface area contributed by atoms with E-state index >= 15 is 0 Å². The van der Waals surface area contributed by atoms with Crippen LogP contribution in [0.2, 0.25) is 0 Å². The number of carbonyl (C=O) groups excluding carboxylic acids is 2. The Morgan fingerprint density at radius 2 is 1.83 bits per heavy atom. The van der Waals surface area contributed by atoms with E-state index in [9.17, 15) is 9.59 Å². The van der Waals surface area contributed by atoms with Crippen LogP contribution in [0.15, 0.2) is 78.9 Å². The molecule has 1 fully saturated rings. The van der Waals surface area contributed by atoms with Gasteiger partial charge in [-0.2, -0.15) is 5.10 Å². The van der Waals surface area contributed by atoms with Crippen molar-refractivity contribution in [2.24, 2.45) is 0 Å². The molecule has 1 aromatic heterocycles. The van der Waals surface area contributed by atoms with E-state index in [1.807, 2.05) is 66.7 Å². The van der Waals surface area contributed by atoms with E-state index in [-0.39, 0.29) is 35.5 Å². The van der Waals surface area contributed by atoms with Gasteiger partial charge in [-0.15, -0.1) is 11.8 Å². The number of aromatic nitrogens is 2. The van der Waals surface area contributed by atoms with Crippen LogP contribution in [0.4, 0.5) is 5.82 Å². The van der Waals surface area contributed by atoms with E-state index in [2.05, 4.69) is 24.4 Å². The Kier molecular flexibility index (Phi) is 8.30. The van der Waals surface area contributed by atoms with Crippen LogP contribution in [-0.2, 0) is 14.3 Å². The molecule has 0 unspecified atom stereocenters. The Labute approximate surface area is 250 Å². The van der Waals surface area contributed by atoms with Crippen molar-refractivity contribution >= 4 is 29.4 Å². The zero-order valence-corrected chi connectivity index (χ0v) is 24.6. The average Bonchev–Trinajstić information content (AvgIpc) is 3.66. The molecular formula is C33H34N4O4S. The molecule has 0 radical (unpaired) electrons. The largest absolute Gasteiger partial charge is 0.497 e. The molecule has 0 spiro atoms. The Morgan fingerprint density at radius 1 is 1.07 bits per heavy atom. The van der Waals surface area contributed by atoms with Crippen molar-refractivity contribution in [2.75, 3.05) is 37.5 Å². The lowest BCUT2D eigenvalue weighted by Gasteiger charge is -2.24. The highest BCUT2D eigenvalue weighted by Gasteiger charge is 2.38. The summed E-state index contributed by atoms with van der Waals surface area (Å²) < 4.78 is 12.9. The molecule has 42 heavy (non-hydrogen) atoms. The first-order valence-corrected chi connectivity index (χ1v) is 15.3. The number of aryl methyl sites for hydroxylation is 1. The van der Waals surface area contributed by atoms with Gasteiger partial charge in [0.1, 0.15) is 18.1 Å². The highest BCUT2D eigenvalue weighted by molar-refractivity contribution is 8.00. The average molecular weight is 583 g/mol. The fraction of sp³-hybridized carbons (Fsp3) is 0.303. The Morgan fingerprint density at radius 3 is 2.55 bits per heavy atom. The van der Waals surface area contributed by atoms with Gasteiger partial charge in [-0.3, -0.25) is 14.5 Å². The number of anilines is 1. The van der Waals surface area contributed by atoms with Crippen LogP contribution in [0.5, 0.6) is 5.75 Å². The SMILES string of the molecule is COc1ccc(-n2nc(-c3ccccc3)c3c2N(CC(=O)NC[C@@H]2CCCO2)C(=O)CS[C@H]3c2ccccc2C)cc1. The summed E-state index contributed by atoms with van der Waals surface area (Å²) in [6.45, 7) is 3.13. The van der Waals surface area contributed by atoms with Crippen LogP contribution < -0.4 is 15.0 Å². The zero-order chi connectivity index (χ0) is 29.1. The maximum atomic E-state index is 13.9. The Hall–Kier alpha value is -4.08. The van der Waals surface area contributed by atoms with Gasteiger partial charge < -0.3 is 14.8 Å². The third kappa shape index (κ3) is 5.67. The van der Waals surface area contributed by atoms with Gasteiger partial charge in [0.05, 0.1) is 35.6 Å². The number of benzene rings is 3. The van der Waals surface area contributed by atoms with Gasteiger partial charge in [-0.1, -0.05) is 54.6 Å². The van der Waals surface area contributed by atoms with Gasteiger partial charge in [-0.25, -0.2) is 4.68 Å². The number of methoxy groups -OCH3 is 1. The predicted molar refractivity (Wildman–Crippen MR) is 165 cm³/mol. The molecule has 0 saturated carbocycles. The van der Waals surface area contributed by atoms with Gasteiger partial charge >= 0.3 is 0 Å². The first-order chi connectivity index (χ1) is 20.5. The molecule has 2 aliphatic heterocycles. The standard InChI is InChI=1S/C33H34N4O4S/c1-22-9-6-7-13-27(22)32-30-31(23-10-4-3-5-11-23)35-37(24-14-16-25(40-2)17-15-24)33(30)36(29(39)21-42-32)20-28(38)34-19-26-12-8-18-41-26/h3-7,9-11,13-17,26,32H,8,12,18-21H2,1-2H3,(H,34,38)/t26-,32-/m0/s1. The normalized spacial score (nSPS) is 18.4. The smallest absolute Gasteiger partial charge is 0.240 e. The molecule has 216 valence electrons. The molecule has 2 atom stereocenters. The minimum absolute atomic E-state index is 0.0137. The molecular weight excluding hydrogens is 548 g/mol. The fourth-order valence-electron chi connectivity index (χ4n) is 5.59. The van der Waals surface area contributed by atoms with Crippen molar-refractivity contribution < 1.29 is 19.1 Å². The number of rotatable bonds is 8. The van der Waals surface area contributed by atoms with Gasteiger partial charge in [0.2, 0.25) is 11.8 Å². The minimum atomic E-state index is -0.229. The second kappa shape index (κ2) is 12.4. The summed E-state index contributed by atoms with van der Waals surface area (Å²) >= 11 is 1.57.